The minimum absolute atomic E-state index is 0.0472. The van der Waals surface area contributed by atoms with Crippen LogP contribution in [0.4, 0.5) is 0 Å². The van der Waals surface area contributed by atoms with Crippen molar-refractivity contribution in [3.63, 3.8) is 0 Å². The first kappa shape index (κ1) is 22.2. The highest BCUT2D eigenvalue weighted by Gasteiger charge is 2.29. The molecule has 172 valence electrons. The number of aliphatic imine (C=N–C) groups is 2. The summed E-state index contributed by atoms with van der Waals surface area (Å²) in [6.07, 6.45) is 8.70. The molecule has 0 spiro atoms. The van der Waals surface area contributed by atoms with Crippen molar-refractivity contribution in [2.75, 3.05) is 39.8 Å². The van der Waals surface area contributed by atoms with E-state index in [1.54, 1.807) is 7.05 Å². The lowest BCUT2D eigenvalue weighted by Gasteiger charge is -2.30. The second-order valence-electron chi connectivity index (χ2n) is 7.94. The van der Waals surface area contributed by atoms with E-state index in [0.29, 0.717) is 12.4 Å². The average Bonchev–Trinajstić information content (AvgIpc) is 2.79. The van der Waals surface area contributed by atoms with Gasteiger partial charge in [0.05, 0.1) is 6.54 Å². The summed E-state index contributed by atoms with van der Waals surface area (Å²) in [5.41, 5.74) is 1.21. The number of hydrogen-bond acceptors (Lipinski definition) is 7. The molecule has 0 bridgehead atoms. The summed E-state index contributed by atoms with van der Waals surface area (Å²) in [6, 6.07) is 6.03. The van der Waals surface area contributed by atoms with E-state index in [0.717, 1.165) is 25.4 Å². The van der Waals surface area contributed by atoms with Crippen molar-refractivity contribution in [3.8, 4) is 23.8 Å². The molecule has 0 aliphatic carbocycles. The Bertz CT molecular complexity index is 1040. The molecule has 0 saturated carbocycles. The molecule has 11 heteroatoms. The predicted octanol–water partition coefficient (Wildman–Crippen LogP) is 0.527. The molecule has 0 aromatic heterocycles. The van der Waals surface area contributed by atoms with E-state index < -0.39 is 10.2 Å². The standard InChI is InChI=1S/C21H28N6O4S/c1-3-9-22-20-24-32(28,29)25-21(26(20)2)23-13-17-15-30-19-12-16(7-8-18(19)31-17)14-27-10-5-4-6-11-27/h1,7-8,12,17H,4-6,9-11,13-15H2,2H3,(H,22,24)(H,23,25). The number of benzene rings is 1. The van der Waals surface area contributed by atoms with Crippen LogP contribution in [-0.4, -0.2) is 76.1 Å². The van der Waals surface area contributed by atoms with E-state index in [4.69, 9.17) is 15.9 Å². The number of rotatable bonds is 5. The molecule has 1 atom stereocenters. The monoisotopic (exact) mass is 460 g/mol. The van der Waals surface area contributed by atoms with E-state index >= 15 is 0 Å². The Hall–Kier alpha value is -2.97. The van der Waals surface area contributed by atoms with Crippen LogP contribution in [0.15, 0.2) is 28.2 Å². The molecule has 1 aromatic rings. The fourth-order valence-electron chi connectivity index (χ4n) is 3.81. The number of terminal acetylenes is 1. The third kappa shape index (κ3) is 5.44. The highest BCUT2D eigenvalue weighted by Crippen LogP contribution is 2.33. The number of piperidine rings is 1. The smallest absolute Gasteiger partial charge is 0.326 e. The van der Waals surface area contributed by atoms with Crippen LogP contribution in [0.3, 0.4) is 0 Å². The molecule has 0 amide bonds. The van der Waals surface area contributed by atoms with E-state index in [9.17, 15) is 8.42 Å². The molecule has 3 heterocycles. The van der Waals surface area contributed by atoms with Gasteiger partial charge in [-0.15, -0.1) is 6.42 Å². The van der Waals surface area contributed by atoms with Gasteiger partial charge in [0.15, 0.2) is 17.6 Å². The number of ether oxygens (including phenoxy) is 2. The van der Waals surface area contributed by atoms with Crippen LogP contribution < -0.4 is 18.9 Å². The van der Waals surface area contributed by atoms with Crippen molar-refractivity contribution >= 4 is 22.1 Å². The van der Waals surface area contributed by atoms with Crippen LogP contribution in [0.1, 0.15) is 24.8 Å². The lowest BCUT2D eigenvalue weighted by molar-refractivity contribution is 0.0967. The minimum atomic E-state index is -3.81. The molecule has 2 N–H and O–H groups in total. The third-order valence-corrected chi connectivity index (χ3v) is 6.34. The fraction of sp³-hybridized carbons (Fsp3) is 0.524. The van der Waals surface area contributed by atoms with Gasteiger partial charge in [-0.05, 0) is 43.6 Å². The summed E-state index contributed by atoms with van der Waals surface area (Å²) >= 11 is 0. The molecule has 3 aliphatic heterocycles. The molecule has 2 saturated heterocycles. The molecular formula is C21H28N6O4S. The van der Waals surface area contributed by atoms with E-state index in [2.05, 4.69) is 36.3 Å². The first-order valence-corrected chi connectivity index (χ1v) is 12.1. The lowest BCUT2D eigenvalue weighted by atomic mass is 10.1. The Kier molecular flexibility index (Phi) is 6.72. The van der Waals surface area contributed by atoms with Crippen molar-refractivity contribution < 1.29 is 17.9 Å². The highest BCUT2D eigenvalue weighted by molar-refractivity contribution is 7.88. The summed E-state index contributed by atoms with van der Waals surface area (Å²) in [7, 11) is -2.17. The van der Waals surface area contributed by atoms with Gasteiger partial charge in [0, 0.05) is 13.6 Å². The number of guanidine groups is 2. The van der Waals surface area contributed by atoms with Crippen molar-refractivity contribution in [2.24, 2.45) is 9.98 Å². The number of nitrogens with zero attached hydrogens (tertiary/aromatic N) is 4. The number of hydrogen-bond donors (Lipinski definition) is 2. The van der Waals surface area contributed by atoms with Crippen LogP contribution in [0.2, 0.25) is 0 Å². The van der Waals surface area contributed by atoms with Crippen LogP contribution in [0.25, 0.3) is 0 Å². The first-order chi connectivity index (χ1) is 15.4. The van der Waals surface area contributed by atoms with Gasteiger partial charge in [-0.1, -0.05) is 18.4 Å². The summed E-state index contributed by atoms with van der Waals surface area (Å²) in [5.74, 6) is 3.98. The molecule has 1 unspecified atom stereocenters. The maximum atomic E-state index is 12.0. The van der Waals surface area contributed by atoms with Gasteiger partial charge in [-0.3, -0.25) is 9.80 Å². The van der Waals surface area contributed by atoms with Gasteiger partial charge < -0.3 is 9.47 Å². The molecule has 0 radical (unpaired) electrons. The van der Waals surface area contributed by atoms with E-state index in [-0.39, 0.29) is 31.1 Å². The van der Waals surface area contributed by atoms with Crippen molar-refractivity contribution in [3.05, 3.63) is 23.8 Å². The number of fused-ring (bicyclic) bond motifs is 1. The minimum Gasteiger partial charge on any atom is -0.486 e. The highest BCUT2D eigenvalue weighted by atomic mass is 32.2. The van der Waals surface area contributed by atoms with Gasteiger partial charge >= 0.3 is 10.2 Å². The Labute approximate surface area is 188 Å². The first-order valence-electron chi connectivity index (χ1n) is 10.6. The summed E-state index contributed by atoms with van der Waals surface area (Å²) in [6.45, 7) is 3.77. The SMILES string of the molecule is C#CCN=C1NS(=O)(=O)NC(=NCC2COc3cc(CN4CCCCC4)ccc3O2)N1C. The quantitative estimate of drug-likeness (QED) is 0.621. The molecular weight excluding hydrogens is 432 g/mol. The molecule has 2 fully saturated rings. The van der Waals surface area contributed by atoms with Gasteiger partial charge in [0.25, 0.3) is 0 Å². The summed E-state index contributed by atoms with van der Waals surface area (Å²) < 4.78 is 40.7. The molecule has 10 nitrogen and oxygen atoms in total. The zero-order valence-corrected chi connectivity index (χ0v) is 18.9. The van der Waals surface area contributed by atoms with Crippen molar-refractivity contribution in [2.45, 2.75) is 31.9 Å². The van der Waals surface area contributed by atoms with E-state index in [1.807, 2.05) is 12.1 Å². The molecule has 4 rings (SSSR count). The predicted molar refractivity (Wildman–Crippen MR) is 122 cm³/mol. The number of likely N-dealkylation sites (tertiary alicyclic amines) is 1. The number of nitrogens with one attached hydrogen (secondary N) is 2. The van der Waals surface area contributed by atoms with Crippen LogP contribution in [0, 0.1) is 12.3 Å². The van der Waals surface area contributed by atoms with Gasteiger partial charge in [0.1, 0.15) is 13.2 Å². The topological polar surface area (TPSA) is 108 Å². The van der Waals surface area contributed by atoms with Crippen LogP contribution in [-0.2, 0) is 16.8 Å². The maximum absolute atomic E-state index is 12.0. The molecule has 3 aliphatic rings. The maximum Gasteiger partial charge on any atom is 0.326 e. The van der Waals surface area contributed by atoms with Gasteiger partial charge in [0.2, 0.25) is 11.9 Å². The normalized spacial score (nSPS) is 25.1. The van der Waals surface area contributed by atoms with Crippen molar-refractivity contribution in [1.82, 2.24) is 19.2 Å². The largest absolute Gasteiger partial charge is 0.486 e. The summed E-state index contributed by atoms with van der Waals surface area (Å²) in [5, 5.41) is 0. The van der Waals surface area contributed by atoms with Crippen molar-refractivity contribution in [1.29, 1.82) is 0 Å². The second kappa shape index (κ2) is 9.67. The van der Waals surface area contributed by atoms with Gasteiger partial charge in [-0.2, -0.15) is 8.42 Å². The van der Waals surface area contributed by atoms with E-state index in [1.165, 1.54) is 29.7 Å². The van der Waals surface area contributed by atoms with Crippen LogP contribution >= 0.6 is 0 Å². The van der Waals surface area contributed by atoms with Gasteiger partial charge in [-0.25, -0.2) is 19.4 Å². The zero-order valence-electron chi connectivity index (χ0n) is 18.1. The Morgan fingerprint density at radius 2 is 1.91 bits per heavy atom. The Morgan fingerprint density at radius 1 is 1.16 bits per heavy atom. The molecule has 32 heavy (non-hydrogen) atoms. The average molecular weight is 461 g/mol. The third-order valence-electron chi connectivity index (χ3n) is 5.43. The fourth-order valence-corrected chi connectivity index (χ4v) is 4.75. The van der Waals surface area contributed by atoms with Crippen LogP contribution in [0.5, 0.6) is 11.5 Å². The Balaban J connectivity index is 1.39. The second-order valence-corrected chi connectivity index (χ2v) is 9.36. The lowest BCUT2D eigenvalue weighted by Crippen LogP contribution is -2.60. The summed E-state index contributed by atoms with van der Waals surface area (Å²) in [4.78, 5) is 12.4. The Morgan fingerprint density at radius 3 is 2.66 bits per heavy atom. The zero-order chi connectivity index (χ0) is 22.6. The molecule has 1 aromatic carbocycles.